The van der Waals surface area contributed by atoms with E-state index in [1.165, 1.54) is 0 Å². The van der Waals surface area contributed by atoms with E-state index < -0.39 is 0 Å². The van der Waals surface area contributed by atoms with Crippen molar-refractivity contribution >= 4 is 17.4 Å². The molecule has 0 spiro atoms. The van der Waals surface area contributed by atoms with Gasteiger partial charge in [-0.05, 0) is 36.2 Å². The Morgan fingerprint density at radius 1 is 1.15 bits per heavy atom. The lowest BCUT2D eigenvalue weighted by molar-refractivity contribution is -0.145. The van der Waals surface area contributed by atoms with Crippen LogP contribution in [0.3, 0.4) is 0 Å². The van der Waals surface area contributed by atoms with Gasteiger partial charge in [0, 0.05) is 13.1 Å². The third-order valence-corrected chi connectivity index (χ3v) is 5.47. The molecule has 3 saturated heterocycles. The number of carbonyl (C=O) groups excluding carboxylic acids is 1. The summed E-state index contributed by atoms with van der Waals surface area (Å²) in [5.41, 5.74) is 1.75. The van der Waals surface area contributed by atoms with Crippen molar-refractivity contribution in [1.82, 2.24) is 24.7 Å². The van der Waals surface area contributed by atoms with Crippen LogP contribution in [0.5, 0.6) is 5.75 Å². The normalized spacial score (nSPS) is 21.2. The van der Waals surface area contributed by atoms with E-state index in [-0.39, 0.29) is 18.0 Å². The van der Waals surface area contributed by atoms with Gasteiger partial charge in [-0.25, -0.2) is 0 Å². The molecule has 8 heteroatoms. The van der Waals surface area contributed by atoms with Gasteiger partial charge in [0.25, 0.3) is 0 Å². The Labute approximate surface area is 156 Å². The quantitative estimate of drug-likeness (QED) is 0.692. The average Bonchev–Trinajstić information content (AvgIpc) is 3.16. The van der Waals surface area contributed by atoms with E-state index in [1.54, 1.807) is 18.0 Å². The molecule has 2 unspecified atom stereocenters. The molecule has 0 saturated carbocycles. The molecule has 3 aliphatic heterocycles. The summed E-state index contributed by atoms with van der Waals surface area (Å²) in [5, 5.41) is 12.4. The van der Waals surface area contributed by atoms with Crippen LogP contribution in [0.1, 0.15) is 12.0 Å². The van der Waals surface area contributed by atoms with Crippen LogP contribution in [-0.4, -0.2) is 62.9 Å². The lowest BCUT2D eigenvalue weighted by atomic mass is 9.86. The number of benzene rings is 1. The first kappa shape index (κ1) is 16.0. The van der Waals surface area contributed by atoms with Gasteiger partial charge < -0.3 is 14.5 Å². The first-order valence-electron chi connectivity index (χ1n) is 9.07. The third-order valence-electron chi connectivity index (χ3n) is 5.47. The monoisotopic (exact) mass is 364 g/mol. The highest BCUT2D eigenvalue weighted by Crippen LogP contribution is 2.34. The van der Waals surface area contributed by atoms with Gasteiger partial charge in [-0.3, -0.25) is 4.79 Å². The molecule has 27 heavy (non-hydrogen) atoms. The van der Waals surface area contributed by atoms with Crippen LogP contribution in [0.2, 0.25) is 0 Å². The Bertz CT molecular complexity index is 973. The number of anilines is 1. The molecule has 5 heterocycles. The van der Waals surface area contributed by atoms with Gasteiger partial charge in [0.05, 0.1) is 25.6 Å². The molecule has 2 aromatic heterocycles. The highest BCUT2D eigenvalue weighted by atomic mass is 16.5. The van der Waals surface area contributed by atoms with Crippen molar-refractivity contribution in [2.75, 3.05) is 25.1 Å². The number of methoxy groups -OCH3 is 1. The van der Waals surface area contributed by atoms with Gasteiger partial charge in [0.2, 0.25) is 5.91 Å². The molecular weight excluding hydrogens is 344 g/mol. The standard InChI is InChI=1S/C19H20N6O2/c1-27-16-4-2-13(3-5-16)8-19(26)25-14-9-15(25)11-23(10-14)18-7-6-17-21-20-12-24(17)22-18/h2-7,12,14-15H,8-11H2,1H3. The van der Waals surface area contributed by atoms with Crippen molar-refractivity contribution in [3.63, 3.8) is 0 Å². The maximum absolute atomic E-state index is 12.8. The number of amides is 1. The summed E-state index contributed by atoms with van der Waals surface area (Å²) in [6, 6.07) is 12.1. The number of hydrogen-bond donors (Lipinski definition) is 0. The Morgan fingerprint density at radius 2 is 1.93 bits per heavy atom. The van der Waals surface area contributed by atoms with Crippen molar-refractivity contribution < 1.29 is 9.53 Å². The number of ether oxygens (including phenoxy) is 1. The largest absolute Gasteiger partial charge is 0.497 e. The van der Waals surface area contributed by atoms with Crippen molar-refractivity contribution in [3.05, 3.63) is 48.3 Å². The van der Waals surface area contributed by atoms with Crippen molar-refractivity contribution in [2.45, 2.75) is 24.9 Å². The Balaban J connectivity index is 1.26. The lowest BCUT2D eigenvalue weighted by Crippen LogP contribution is -2.70. The summed E-state index contributed by atoms with van der Waals surface area (Å²) in [4.78, 5) is 17.1. The van der Waals surface area contributed by atoms with E-state index in [2.05, 4.69) is 25.1 Å². The molecule has 1 amide bonds. The molecule has 0 radical (unpaired) electrons. The molecule has 138 valence electrons. The van der Waals surface area contributed by atoms with E-state index in [0.29, 0.717) is 6.42 Å². The second-order valence-corrected chi connectivity index (χ2v) is 7.10. The Morgan fingerprint density at radius 3 is 2.67 bits per heavy atom. The topological polar surface area (TPSA) is 75.9 Å². The molecule has 2 atom stereocenters. The smallest absolute Gasteiger partial charge is 0.227 e. The second-order valence-electron chi connectivity index (χ2n) is 7.10. The van der Waals surface area contributed by atoms with Gasteiger partial charge in [-0.1, -0.05) is 12.1 Å². The van der Waals surface area contributed by atoms with E-state index in [9.17, 15) is 4.79 Å². The first-order valence-corrected chi connectivity index (χ1v) is 9.07. The molecule has 2 bridgehead atoms. The average molecular weight is 364 g/mol. The van der Waals surface area contributed by atoms with Gasteiger partial charge in [0.15, 0.2) is 5.65 Å². The van der Waals surface area contributed by atoms with Gasteiger partial charge in [-0.15, -0.1) is 15.3 Å². The molecule has 6 rings (SSSR count). The molecule has 0 aliphatic carbocycles. The van der Waals surface area contributed by atoms with Crippen LogP contribution in [0.25, 0.3) is 5.65 Å². The fourth-order valence-corrected chi connectivity index (χ4v) is 4.10. The van der Waals surface area contributed by atoms with E-state index in [1.807, 2.05) is 36.4 Å². The van der Waals surface area contributed by atoms with Crippen molar-refractivity contribution in [2.24, 2.45) is 0 Å². The number of fused-ring (bicyclic) bond motifs is 3. The minimum atomic E-state index is 0.197. The number of piperidine rings is 1. The van der Waals surface area contributed by atoms with Crippen LogP contribution in [0, 0.1) is 0 Å². The van der Waals surface area contributed by atoms with Crippen LogP contribution < -0.4 is 9.64 Å². The molecule has 3 fully saturated rings. The number of piperazine rings is 1. The number of carbonyl (C=O) groups is 1. The predicted molar refractivity (Wildman–Crippen MR) is 98.7 cm³/mol. The molecule has 3 aromatic rings. The number of hydrogen-bond acceptors (Lipinski definition) is 6. The molecule has 3 aliphatic rings. The maximum atomic E-state index is 12.8. The Kier molecular flexibility index (Phi) is 3.70. The summed E-state index contributed by atoms with van der Waals surface area (Å²) in [5.74, 6) is 1.91. The number of rotatable bonds is 4. The number of nitrogens with zero attached hydrogens (tertiary/aromatic N) is 6. The summed E-state index contributed by atoms with van der Waals surface area (Å²) in [6.45, 7) is 1.62. The predicted octanol–water partition coefficient (Wildman–Crippen LogP) is 1.17. The minimum Gasteiger partial charge on any atom is -0.497 e. The third kappa shape index (κ3) is 2.77. The lowest BCUT2D eigenvalue weighted by Gasteiger charge is -2.56. The SMILES string of the molecule is COc1ccc(CC(=O)N2C3CC2CN(c2ccc4nncn4n2)C3)cc1. The summed E-state index contributed by atoms with van der Waals surface area (Å²) in [6.07, 6.45) is 3.11. The van der Waals surface area contributed by atoms with Gasteiger partial charge in [-0.2, -0.15) is 4.52 Å². The fourth-order valence-electron chi connectivity index (χ4n) is 4.10. The first-order chi connectivity index (χ1) is 13.2. The molecule has 0 N–H and O–H groups in total. The van der Waals surface area contributed by atoms with Gasteiger partial charge in [0.1, 0.15) is 17.9 Å². The van der Waals surface area contributed by atoms with E-state index in [4.69, 9.17) is 4.74 Å². The fraction of sp³-hybridized carbons (Fsp3) is 0.368. The van der Waals surface area contributed by atoms with Crippen molar-refractivity contribution in [1.29, 1.82) is 0 Å². The zero-order valence-electron chi connectivity index (χ0n) is 15.0. The highest BCUT2D eigenvalue weighted by molar-refractivity contribution is 5.81. The minimum absolute atomic E-state index is 0.197. The Hall–Kier alpha value is -3.16. The van der Waals surface area contributed by atoms with Crippen LogP contribution in [-0.2, 0) is 11.2 Å². The molecule has 1 aromatic carbocycles. The van der Waals surface area contributed by atoms with Crippen LogP contribution in [0.15, 0.2) is 42.7 Å². The zero-order chi connectivity index (χ0) is 18.4. The van der Waals surface area contributed by atoms with Gasteiger partial charge >= 0.3 is 0 Å². The van der Waals surface area contributed by atoms with Crippen LogP contribution in [0.4, 0.5) is 5.82 Å². The second kappa shape index (κ2) is 6.22. The van der Waals surface area contributed by atoms with Crippen LogP contribution >= 0.6 is 0 Å². The van der Waals surface area contributed by atoms with E-state index in [0.717, 1.165) is 42.3 Å². The zero-order valence-corrected chi connectivity index (χ0v) is 15.0. The molecule has 8 nitrogen and oxygen atoms in total. The summed E-state index contributed by atoms with van der Waals surface area (Å²) < 4.78 is 6.86. The maximum Gasteiger partial charge on any atom is 0.227 e. The summed E-state index contributed by atoms with van der Waals surface area (Å²) >= 11 is 0. The summed E-state index contributed by atoms with van der Waals surface area (Å²) in [7, 11) is 1.64. The van der Waals surface area contributed by atoms with Crippen molar-refractivity contribution in [3.8, 4) is 5.75 Å². The van der Waals surface area contributed by atoms with E-state index >= 15 is 0 Å². The molecular formula is C19H20N6O2. The number of aromatic nitrogens is 4. The highest BCUT2D eigenvalue weighted by Gasteiger charge is 2.47.